The average molecular weight is 259 g/mol. The third kappa shape index (κ3) is 1.83. The Morgan fingerprint density at radius 3 is 2.74 bits per heavy atom. The number of fused-ring (bicyclic) bond motifs is 3. The predicted molar refractivity (Wildman–Crippen MR) is 75.8 cm³/mol. The molecule has 19 heavy (non-hydrogen) atoms. The fraction of sp³-hybridized carbons (Fsp3) is 0.562. The van der Waals surface area contributed by atoms with E-state index in [0.717, 1.165) is 12.1 Å². The van der Waals surface area contributed by atoms with Gasteiger partial charge in [-0.05, 0) is 37.8 Å². The Morgan fingerprint density at radius 1 is 1.26 bits per heavy atom. The van der Waals surface area contributed by atoms with Crippen molar-refractivity contribution in [3.05, 3.63) is 28.8 Å². The van der Waals surface area contributed by atoms with Crippen molar-refractivity contribution < 1.29 is 9.53 Å². The molecule has 1 heterocycles. The summed E-state index contributed by atoms with van der Waals surface area (Å²) >= 11 is 0. The average Bonchev–Trinajstić information content (AvgIpc) is 2.73. The van der Waals surface area contributed by atoms with Gasteiger partial charge in [-0.3, -0.25) is 4.90 Å². The van der Waals surface area contributed by atoms with E-state index >= 15 is 0 Å². The Hall–Kier alpha value is -1.51. The first-order valence-corrected chi connectivity index (χ1v) is 7.12. The predicted octanol–water partition coefficient (Wildman–Crippen LogP) is 3.92. The summed E-state index contributed by atoms with van der Waals surface area (Å²) < 4.78 is 5.01. The Bertz CT molecular complexity index is 524. The van der Waals surface area contributed by atoms with Crippen LogP contribution in [0.2, 0.25) is 0 Å². The number of hydrogen-bond donors (Lipinski definition) is 0. The molecule has 3 nitrogen and oxygen atoms in total. The van der Waals surface area contributed by atoms with Gasteiger partial charge in [0.05, 0.1) is 12.8 Å². The molecule has 1 saturated carbocycles. The molecule has 1 aromatic carbocycles. The lowest BCUT2D eigenvalue weighted by Crippen LogP contribution is -2.40. The first-order valence-electron chi connectivity index (χ1n) is 7.12. The highest BCUT2D eigenvalue weighted by atomic mass is 16.5. The van der Waals surface area contributed by atoms with Crippen molar-refractivity contribution in [1.82, 2.24) is 0 Å². The minimum atomic E-state index is -0.206. The smallest absolute Gasteiger partial charge is 0.414 e. The second-order valence-corrected chi connectivity index (χ2v) is 5.82. The van der Waals surface area contributed by atoms with Crippen LogP contribution in [0.5, 0.6) is 0 Å². The van der Waals surface area contributed by atoms with Crippen molar-refractivity contribution in [2.75, 3.05) is 12.0 Å². The number of carbonyl (C=O) groups is 1. The Labute approximate surface area is 114 Å². The van der Waals surface area contributed by atoms with E-state index in [1.165, 1.54) is 43.1 Å². The van der Waals surface area contributed by atoms with Crippen LogP contribution < -0.4 is 4.90 Å². The van der Waals surface area contributed by atoms with Gasteiger partial charge >= 0.3 is 6.09 Å². The van der Waals surface area contributed by atoms with E-state index in [1.807, 2.05) is 4.90 Å². The number of ether oxygens (including phenoxy) is 1. The van der Waals surface area contributed by atoms with Gasteiger partial charge in [-0.1, -0.05) is 30.5 Å². The first-order chi connectivity index (χ1) is 9.13. The van der Waals surface area contributed by atoms with Gasteiger partial charge in [-0.15, -0.1) is 0 Å². The normalized spacial score (nSPS) is 24.9. The SMILES string of the molecule is COC(=O)N1c2c(C)cc(C)cc2[C@@H]2CCCC[C@H]21. The molecule has 1 aliphatic carbocycles. The fourth-order valence-corrected chi connectivity index (χ4v) is 3.88. The standard InChI is InChI=1S/C16H21NO2/c1-10-8-11(2)15-13(9-10)12-6-4-5-7-14(12)17(15)16(18)19-3/h8-9,12,14H,4-7H2,1-3H3/t12-,14+/m0/s1. The van der Waals surface area contributed by atoms with Gasteiger partial charge in [0, 0.05) is 12.0 Å². The van der Waals surface area contributed by atoms with Crippen molar-refractivity contribution >= 4 is 11.8 Å². The summed E-state index contributed by atoms with van der Waals surface area (Å²) in [5, 5.41) is 0. The lowest BCUT2D eigenvalue weighted by Gasteiger charge is -2.31. The van der Waals surface area contributed by atoms with E-state index in [4.69, 9.17) is 4.74 Å². The molecule has 0 N–H and O–H groups in total. The molecule has 1 fully saturated rings. The van der Waals surface area contributed by atoms with E-state index in [9.17, 15) is 4.79 Å². The molecule has 0 saturated heterocycles. The summed E-state index contributed by atoms with van der Waals surface area (Å²) in [4.78, 5) is 14.1. The molecule has 1 amide bonds. The molecule has 1 aromatic rings. The van der Waals surface area contributed by atoms with Crippen LogP contribution in [0.3, 0.4) is 0 Å². The number of aryl methyl sites for hydroxylation is 2. The molecular formula is C16H21NO2. The molecule has 0 radical (unpaired) electrons. The summed E-state index contributed by atoms with van der Waals surface area (Å²) in [5.74, 6) is 0.501. The Balaban J connectivity index is 2.15. The molecule has 102 valence electrons. The van der Waals surface area contributed by atoms with Crippen molar-refractivity contribution in [3.63, 3.8) is 0 Å². The van der Waals surface area contributed by atoms with Gasteiger partial charge in [0.1, 0.15) is 0 Å². The maximum Gasteiger partial charge on any atom is 0.414 e. The largest absolute Gasteiger partial charge is 0.452 e. The highest BCUT2D eigenvalue weighted by Crippen LogP contribution is 2.49. The molecule has 1 aliphatic heterocycles. The summed E-state index contributed by atoms with van der Waals surface area (Å²) in [6, 6.07) is 4.72. The van der Waals surface area contributed by atoms with E-state index in [1.54, 1.807) is 0 Å². The second-order valence-electron chi connectivity index (χ2n) is 5.82. The highest BCUT2D eigenvalue weighted by Gasteiger charge is 2.43. The summed E-state index contributed by atoms with van der Waals surface area (Å²) in [6.07, 6.45) is 4.55. The molecule has 0 unspecified atom stereocenters. The number of amides is 1. The third-order valence-electron chi connectivity index (χ3n) is 4.55. The monoisotopic (exact) mass is 259 g/mol. The van der Waals surface area contributed by atoms with E-state index in [2.05, 4.69) is 26.0 Å². The lowest BCUT2D eigenvalue weighted by molar-refractivity contribution is 0.174. The second kappa shape index (κ2) is 4.55. The van der Waals surface area contributed by atoms with Crippen LogP contribution in [-0.4, -0.2) is 19.2 Å². The number of carbonyl (C=O) groups excluding carboxylic acids is 1. The molecule has 0 aromatic heterocycles. The molecule has 0 bridgehead atoms. The molecule has 2 atom stereocenters. The Morgan fingerprint density at radius 2 is 2.00 bits per heavy atom. The topological polar surface area (TPSA) is 29.5 Å². The maximum absolute atomic E-state index is 12.2. The van der Waals surface area contributed by atoms with Crippen LogP contribution in [0.4, 0.5) is 10.5 Å². The van der Waals surface area contributed by atoms with Crippen molar-refractivity contribution in [2.45, 2.75) is 51.5 Å². The van der Waals surface area contributed by atoms with Crippen LogP contribution in [0.15, 0.2) is 12.1 Å². The molecule has 3 heteroatoms. The van der Waals surface area contributed by atoms with Crippen molar-refractivity contribution in [1.29, 1.82) is 0 Å². The summed E-state index contributed by atoms with van der Waals surface area (Å²) in [7, 11) is 1.47. The molecule has 2 aliphatic rings. The number of nitrogens with zero attached hydrogens (tertiary/aromatic N) is 1. The van der Waals surface area contributed by atoms with Gasteiger partial charge in [-0.25, -0.2) is 4.79 Å². The molecular weight excluding hydrogens is 238 g/mol. The zero-order valence-corrected chi connectivity index (χ0v) is 11.9. The number of hydrogen-bond acceptors (Lipinski definition) is 2. The van der Waals surface area contributed by atoms with Gasteiger partial charge in [0.2, 0.25) is 0 Å². The minimum Gasteiger partial charge on any atom is -0.452 e. The van der Waals surface area contributed by atoms with E-state index in [0.29, 0.717) is 12.0 Å². The van der Waals surface area contributed by atoms with Crippen LogP contribution >= 0.6 is 0 Å². The van der Waals surface area contributed by atoms with Gasteiger partial charge < -0.3 is 4.74 Å². The Kier molecular flexibility index (Phi) is 3.00. The number of rotatable bonds is 0. The van der Waals surface area contributed by atoms with E-state index in [-0.39, 0.29) is 6.09 Å². The van der Waals surface area contributed by atoms with Crippen molar-refractivity contribution in [2.24, 2.45) is 0 Å². The zero-order chi connectivity index (χ0) is 13.6. The van der Waals surface area contributed by atoms with Crippen molar-refractivity contribution in [3.8, 4) is 0 Å². The van der Waals surface area contributed by atoms with E-state index < -0.39 is 0 Å². The maximum atomic E-state index is 12.2. The number of anilines is 1. The van der Waals surface area contributed by atoms with Gasteiger partial charge in [-0.2, -0.15) is 0 Å². The van der Waals surface area contributed by atoms with Crippen LogP contribution in [0.25, 0.3) is 0 Å². The summed E-state index contributed by atoms with van der Waals surface area (Å²) in [6.45, 7) is 4.23. The van der Waals surface area contributed by atoms with Gasteiger partial charge in [0.15, 0.2) is 0 Å². The number of methoxy groups -OCH3 is 1. The number of benzene rings is 1. The quantitative estimate of drug-likeness (QED) is 0.706. The summed E-state index contributed by atoms with van der Waals surface area (Å²) in [5.41, 5.74) is 4.93. The minimum absolute atomic E-state index is 0.206. The van der Waals surface area contributed by atoms with Crippen LogP contribution in [0.1, 0.15) is 48.3 Å². The third-order valence-corrected chi connectivity index (χ3v) is 4.55. The lowest BCUT2D eigenvalue weighted by atomic mass is 9.82. The van der Waals surface area contributed by atoms with Crippen LogP contribution in [-0.2, 0) is 4.74 Å². The molecule has 3 rings (SSSR count). The zero-order valence-electron chi connectivity index (χ0n) is 11.9. The van der Waals surface area contributed by atoms with Crippen LogP contribution in [0, 0.1) is 13.8 Å². The van der Waals surface area contributed by atoms with Gasteiger partial charge in [0.25, 0.3) is 0 Å². The molecule has 0 spiro atoms. The highest BCUT2D eigenvalue weighted by molar-refractivity contribution is 5.93. The first kappa shape index (κ1) is 12.5. The fourth-order valence-electron chi connectivity index (χ4n) is 3.88.